The van der Waals surface area contributed by atoms with Gasteiger partial charge in [-0.3, -0.25) is 5.26 Å². The normalized spacial score (nSPS) is 13.5. The largest absolute Gasteiger partial charge is 0.252 e. The quantitative estimate of drug-likeness (QED) is 0.461. The maximum atomic E-state index is 8.17. The molecule has 0 aromatic heterocycles. The second-order valence-electron chi connectivity index (χ2n) is 2.71. The minimum absolute atomic E-state index is 0.497. The van der Waals surface area contributed by atoms with Crippen molar-refractivity contribution in [3.63, 3.8) is 0 Å². The average molecular weight is 146 g/mol. The third-order valence-electron chi connectivity index (χ3n) is 1.85. The van der Waals surface area contributed by atoms with Crippen LogP contribution in [0.15, 0.2) is 0 Å². The van der Waals surface area contributed by atoms with Crippen LogP contribution in [0.1, 0.15) is 39.5 Å². The monoisotopic (exact) mass is 146 g/mol. The Balaban J connectivity index is 3.21. The first kappa shape index (κ1) is 9.92. The van der Waals surface area contributed by atoms with Gasteiger partial charge in [0.25, 0.3) is 0 Å². The third-order valence-corrected chi connectivity index (χ3v) is 1.85. The Hall–Kier alpha value is -0.0800. The van der Waals surface area contributed by atoms with E-state index in [0.717, 1.165) is 6.42 Å². The smallest absolute Gasteiger partial charge is 0.0847 e. The van der Waals surface area contributed by atoms with Gasteiger partial charge in [-0.15, -0.1) is 0 Å². The fraction of sp³-hybridized carbons (Fsp3) is 1.00. The molecule has 0 amide bonds. The predicted molar refractivity (Wildman–Crippen MR) is 41.9 cm³/mol. The summed E-state index contributed by atoms with van der Waals surface area (Å²) in [5, 5.41) is 8.17. The van der Waals surface area contributed by atoms with Crippen molar-refractivity contribution in [1.82, 2.24) is 0 Å². The predicted octanol–water partition coefficient (Wildman–Crippen LogP) is 2.69. The Kier molecular flexibility index (Phi) is 6.98. The molecule has 0 aliphatic rings. The molecule has 1 unspecified atom stereocenters. The molecule has 0 aliphatic carbocycles. The summed E-state index contributed by atoms with van der Waals surface area (Å²) in [5.74, 6) is 0.546. The molecule has 62 valence electrons. The Bertz CT molecular complexity index is 64.3. The maximum Gasteiger partial charge on any atom is 0.0847 e. The Morgan fingerprint density at radius 1 is 1.40 bits per heavy atom. The summed E-state index contributed by atoms with van der Waals surface area (Å²) >= 11 is 0. The summed E-state index contributed by atoms with van der Waals surface area (Å²) in [6, 6.07) is 0. The van der Waals surface area contributed by atoms with Gasteiger partial charge in [0, 0.05) is 0 Å². The number of hydrogen-bond donors (Lipinski definition) is 1. The van der Waals surface area contributed by atoms with E-state index < -0.39 is 0 Å². The highest BCUT2D eigenvalue weighted by molar-refractivity contribution is 4.54. The van der Waals surface area contributed by atoms with Gasteiger partial charge in [-0.25, -0.2) is 4.89 Å². The van der Waals surface area contributed by atoms with Gasteiger partial charge in [-0.1, -0.05) is 33.1 Å². The second kappa shape index (κ2) is 7.03. The van der Waals surface area contributed by atoms with E-state index in [1.54, 1.807) is 0 Å². The molecule has 0 rings (SSSR count). The molecule has 0 saturated heterocycles. The van der Waals surface area contributed by atoms with Crippen LogP contribution in [0.3, 0.4) is 0 Å². The van der Waals surface area contributed by atoms with Crippen LogP contribution in [0, 0.1) is 5.92 Å². The molecule has 0 aromatic rings. The second-order valence-corrected chi connectivity index (χ2v) is 2.71. The van der Waals surface area contributed by atoms with Crippen molar-refractivity contribution in [1.29, 1.82) is 0 Å². The molecule has 2 nitrogen and oxygen atoms in total. The maximum absolute atomic E-state index is 8.17. The van der Waals surface area contributed by atoms with Crippen molar-refractivity contribution in [2.24, 2.45) is 5.92 Å². The Labute approximate surface area is 63.1 Å². The van der Waals surface area contributed by atoms with Crippen LogP contribution in [0.25, 0.3) is 0 Å². The van der Waals surface area contributed by atoms with Gasteiger partial charge >= 0.3 is 0 Å². The van der Waals surface area contributed by atoms with E-state index in [9.17, 15) is 0 Å². The van der Waals surface area contributed by atoms with Crippen LogP contribution >= 0.6 is 0 Å². The molecule has 0 bridgehead atoms. The van der Waals surface area contributed by atoms with Crippen LogP contribution in [-0.2, 0) is 4.89 Å². The van der Waals surface area contributed by atoms with Crippen molar-refractivity contribution in [2.45, 2.75) is 39.5 Å². The minimum Gasteiger partial charge on any atom is -0.252 e. The topological polar surface area (TPSA) is 29.5 Å². The van der Waals surface area contributed by atoms with Gasteiger partial charge in [0.2, 0.25) is 0 Å². The van der Waals surface area contributed by atoms with Gasteiger partial charge in [-0.05, 0) is 12.3 Å². The van der Waals surface area contributed by atoms with E-state index in [0.29, 0.717) is 12.5 Å². The molecule has 0 aromatic carbocycles. The average Bonchev–Trinajstić information content (AvgIpc) is 1.98. The van der Waals surface area contributed by atoms with Gasteiger partial charge < -0.3 is 0 Å². The number of hydrogen-bond acceptors (Lipinski definition) is 2. The fourth-order valence-electron chi connectivity index (χ4n) is 1.00. The first-order valence-electron chi connectivity index (χ1n) is 4.11. The van der Waals surface area contributed by atoms with Gasteiger partial charge in [-0.2, -0.15) is 0 Å². The Morgan fingerprint density at radius 2 is 2.10 bits per heavy atom. The standard InChI is InChI=1S/C8H18O2/c1-3-5-6-8(4-2)7-10-9/h8-9H,3-7H2,1-2H3. The molecule has 0 fully saturated rings. The molecule has 0 heterocycles. The zero-order chi connectivity index (χ0) is 7.82. The van der Waals surface area contributed by atoms with Gasteiger partial charge in [0.05, 0.1) is 6.61 Å². The highest BCUT2D eigenvalue weighted by Crippen LogP contribution is 2.11. The number of rotatable bonds is 6. The van der Waals surface area contributed by atoms with Crippen LogP contribution in [-0.4, -0.2) is 11.9 Å². The van der Waals surface area contributed by atoms with E-state index in [1.807, 2.05) is 0 Å². The SMILES string of the molecule is CCCCC(CC)COO. The molecule has 1 N–H and O–H groups in total. The summed E-state index contributed by atoms with van der Waals surface area (Å²) in [4.78, 5) is 4.09. The van der Waals surface area contributed by atoms with Gasteiger partial charge in [0.15, 0.2) is 0 Å². The molecule has 2 heteroatoms. The molecular weight excluding hydrogens is 128 g/mol. The van der Waals surface area contributed by atoms with Gasteiger partial charge in [0.1, 0.15) is 0 Å². The summed E-state index contributed by atoms with van der Waals surface area (Å²) in [6.07, 6.45) is 4.73. The summed E-state index contributed by atoms with van der Waals surface area (Å²) in [5.41, 5.74) is 0. The van der Waals surface area contributed by atoms with Crippen molar-refractivity contribution in [2.75, 3.05) is 6.61 Å². The third kappa shape index (κ3) is 4.77. The highest BCUT2D eigenvalue weighted by atomic mass is 17.1. The van der Waals surface area contributed by atoms with Crippen molar-refractivity contribution in [3.05, 3.63) is 0 Å². The van der Waals surface area contributed by atoms with Crippen molar-refractivity contribution >= 4 is 0 Å². The van der Waals surface area contributed by atoms with E-state index >= 15 is 0 Å². The molecule has 0 spiro atoms. The lowest BCUT2D eigenvalue weighted by molar-refractivity contribution is -0.251. The lowest BCUT2D eigenvalue weighted by Gasteiger charge is -2.10. The van der Waals surface area contributed by atoms with E-state index in [4.69, 9.17) is 5.26 Å². The first-order chi connectivity index (χ1) is 4.85. The Morgan fingerprint density at radius 3 is 2.50 bits per heavy atom. The van der Waals surface area contributed by atoms with Crippen LogP contribution in [0.4, 0.5) is 0 Å². The van der Waals surface area contributed by atoms with Crippen molar-refractivity contribution < 1.29 is 10.1 Å². The van der Waals surface area contributed by atoms with Crippen LogP contribution < -0.4 is 0 Å². The number of unbranched alkanes of at least 4 members (excludes halogenated alkanes) is 1. The summed E-state index contributed by atoms with van der Waals surface area (Å²) in [7, 11) is 0. The van der Waals surface area contributed by atoms with E-state index in [-0.39, 0.29) is 0 Å². The van der Waals surface area contributed by atoms with E-state index in [1.165, 1.54) is 19.3 Å². The van der Waals surface area contributed by atoms with Crippen LogP contribution in [0.5, 0.6) is 0 Å². The van der Waals surface area contributed by atoms with Crippen LogP contribution in [0.2, 0.25) is 0 Å². The molecule has 0 radical (unpaired) electrons. The molecule has 0 aliphatic heterocycles. The zero-order valence-corrected chi connectivity index (χ0v) is 6.97. The molecule has 10 heavy (non-hydrogen) atoms. The van der Waals surface area contributed by atoms with Crippen molar-refractivity contribution in [3.8, 4) is 0 Å². The summed E-state index contributed by atoms with van der Waals surface area (Å²) in [6.45, 7) is 4.79. The molecular formula is C8H18O2. The zero-order valence-electron chi connectivity index (χ0n) is 6.97. The van der Waals surface area contributed by atoms with E-state index in [2.05, 4.69) is 18.7 Å². The first-order valence-corrected chi connectivity index (χ1v) is 4.11. The fourth-order valence-corrected chi connectivity index (χ4v) is 1.00. The molecule has 0 saturated carbocycles. The summed E-state index contributed by atoms with van der Waals surface area (Å²) < 4.78 is 0. The highest BCUT2D eigenvalue weighted by Gasteiger charge is 2.04. The molecule has 1 atom stereocenters. The lowest BCUT2D eigenvalue weighted by Crippen LogP contribution is -2.06. The lowest BCUT2D eigenvalue weighted by atomic mass is 10.0. The minimum atomic E-state index is 0.497.